The lowest BCUT2D eigenvalue weighted by atomic mass is 10.1. The average molecular weight is 409 g/mol. The lowest BCUT2D eigenvalue weighted by Crippen LogP contribution is -2.39. The molecule has 0 spiro atoms. The van der Waals surface area contributed by atoms with Crippen molar-refractivity contribution in [2.45, 2.75) is 6.92 Å². The maximum atomic E-state index is 12.6. The van der Waals surface area contributed by atoms with Crippen molar-refractivity contribution >= 4 is 51.4 Å². The highest BCUT2D eigenvalue weighted by molar-refractivity contribution is 7.17. The van der Waals surface area contributed by atoms with Gasteiger partial charge in [-0.25, -0.2) is 4.79 Å². The molecule has 0 saturated carbocycles. The third kappa shape index (κ3) is 5.38. The fourth-order valence-corrected chi connectivity index (χ4v) is 3.94. The number of nitrogens with one attached hydrogen (secondary N) is 2. The summed E-state index contributed by atoms with van der Waals surface area (Å²) < 4.78 is 5.14. The van der Waals surface area contributed by atoms with Crippen molar-refractivity contribution in [1.82, 2.24) is 10.2 Å². The number of ether oxygens (including phenoxy) is 1. The van der Waals surface area contributed by atoms with Crippen LogP contribution in [0.15, 0.2) is 22.9 Å². The summed E-state index contributed by atoms with van der Waals surface area (Å²) in [6.45, 7) is 0.700. The molecule has 2 heterocycles. The van der Waals surface area contributed by atoms with Gasteiger partial charge in [0.15, 0.2) is 6.61 Å². The van der Waals surface area contributed by atoms with E-state index in [2.05, 4.69) is 10.6 Å². The summed E-state index contributed by atoms with van der Waals surface area (Å²) in [7, 11) is 2.91. The Balaban J connectivity index is 2.15. The summed E-state index contributed by atoms with van der Waals surface area (Å²) in [5.74, 6) is -1.88. The smallest absolute Gasteiger partial charge is 0.342 e. The van der Waals surface area contributed by atoms with Crippen LogP contribution in [0.5, 0.6) is 0 Å². The molecular weight excluding hydrogens is 390 g/mol. The minimum absolute atomic E-state index is 0.136. The van der Waals surface area contributed by atoms with Crippen molar-refractivity contribution in [2.24, 2.45) is 0 Å². The molecule has 10 heteroatoms. The Morgan fingerprint density at radius 2 is 1.96 bits per heavy atom. The number of likely N-dealkylation sites (N-methyl/N-ethyl adjacent to an activating group) is 2. The topological polar surface area (TPSA) is 105 Å². The maximum absolute atomic E-state index is 12.6. The lowest BCUT2D eigenvalue weighted by molar-refractivity contribution is -0.137. The van der Waals surface area contributed by atoms with Crippen LogP contribution in [0.2, 0.25) is 0 Å². The molecule has 0 aliphatic carbocycles. The molecule has 8 nitrogen and oxygen atoms in total. The van der Waals surface area contributed by atoms with Gasteiger partial charge in [-0.1, -0.05) is 6.07 Å². The number of hydrogen-bond donors (Lipinski definition) is 2. The van der Waals surface area contributed by atoms with Gasteiger partial charge in [0.1, 0.15) is 10.6 Å². The van der Waals surface area contributed by atoms with E-state index in [0.717, 1.165) is 9.78 Å². The Labute approximate surface area is 164 Å². The minimum Gasteiger partial charge on any atom is -0.452 e. The molecule has 0 aliphatic heterocycles. The third-order valence-electron chi connectivity index (χ3n) is 3.48. The van der Waals surface area contributed by atoms with Crippen LogP contribution < -0.4 is 10.6 Å². The number of rotatable bonds is 7. The van der Waals surface area contributed by atoms with Gasteiger partial charge in [0.05, 0.1) is 6.54 Å². The lowest BCUT2D eigenvalue weighted by Gasteiger charge is -2.16. The van der Waals surface area contributed by atoms with Gasteiger partial charge in [0, 0.05) is 36.8 Å². The van der Waals surface area contributed by atoms with Crippen LogP contribution in [0.25, 0.3) is 10.4 Å². The van der Waals surface area contributed by atoms with Crippen LogP contribution in [0.4, 0.5) is 5.00 Å². The second kappa shape index (κ2) is 9.28. The molecule has 2 aromatic heterocycles. The predicted octanol–water partition coefficient (Wildman–Crippen LogP) is 1.80. The normalized spacial score (nSPS) is 10.2. The van der Waals surface area contributed by atoms with E-state index in [1.807, 2.05) is 17.5 Å². The second-order valence-electron chi connectivity index (χ2n) is 5.51. The van der Waals surface area contributed by atoms with E-state index >= 15 is 0 Å². The average Bonchev–Trinajstić information content (AvgIpc) is 3.28. The van der Waals surface area contributed by atoms with E-state index in [0.29, 0.717) is 10.6 Å². The Hall–Kier alpha value is -2.72. The number of carbonyl (C=O) groups excluding carboxylic acids is 4. The third-order valence-corrected chi connectivity index (χ3v) is 5.28. The van der Waals surface area contributed by atoms with Crippen molar-refractivity contribution in [1.29, 1.82) is 0 Å². The van der Waals surface area contributed by atoms with Crippen LogP contribution in [0, 0.1) is 0 Å². The van der Waals surface area contributed by atoms with Crippen LogP contribution in [-0.2, 0) is 19.1 Å². The number of anilines is 1. The molecule has 2 N–H and O–H groups in total. The van der Waals surface area contributed by atoms with E-state index in [9.17, 15) is 19.2 Å². The van der Waals surface area contributed by atoms with Gasteiger partial charge >= 0.3 is 5.97 Å². The molecule has 0 saturated heterocycles. The molecule has 0 aliphatic rings. The molecule has 2 aromatic rings. The SMILES string of the molecule is CNC(=O)CN(C)C(=O)COC(=O)c1c(-c2cccs2)csc1NC(C)=O. The largest absolute Gasteiger partial charge is 0.452 e. The van der Waals surface area contributed by atoms with E-state index in [1.54, 1.807) is 5.38 Å². The zero-order valence-corrected chi connectivity index (χ0v) is 16.7. The molecule has 0 fully saturated rings. The number of hydrogen-bond acceptors (Lipinski definition) is 7. The van der Waals surface area contributed by atoms with Gasteiger partial charge < -0.3 is 20.3 Å². The highest BCUT2D eigenvalue weighted by atomic mass is 32.1. The molecule has 27 heavy (non-hydrogen) atoms. The summed E-state index contributed by atoms with van der Waals surface area (Å²) in [5, 5.41) is 9.02. The first-order chi connectivity index (χ1) is 12.8. The molecule has 0 bridgehead atoms. The number of nitrogens with zero attached hydrogens (tertiary/aromatic N) is 1. The van der Waals surface area contributed by atoms with Gasteiger partial charge in [0.2, 0.25) is 11.8 Å². The van der Waals surface area contributed by atoms with Crippen molar-refractivity contribution < 1.29 is 23.9 Å². The van der Waals surface area contributed by atoms with Crippen LogP contribution in [0.3, 0.4) is 0 Å². The van der Waals surface area contributed by atoms with Gasteiger partial charge in [-0.2, -0.15) is 0 Å². The molecule has 0 aromatic carbocycles. The van der Waals surface area contributed by atoms with Crippen LogP contribution in [0.1, 0.15) is 17.3 Å². The first-order valence-corrected chi connectivity index (χ1v) is 9.64. The number of esters is 1. The first kappa shape index (κ1) is 20.6. The Morgan fingerprint density at radius 3 is 2.56 bits per heavy atom. The van der Waals surface area contributed by atoms with Crippen molar-refractivity contribution in [3.63, 3.8) is 0 Å². The molecule has 0 atom stereocenters. The number of thiophene rings is 2. The monoisotopic (exact) mass is 409 g/mol. The fraction of sp³-hybridized carbons (Fsp3) is 0.294. The van der Waals surface area contributed by atoms with Crippen molar-refractivity contribution in [3.8, 4) is 10.4 Å². The fourth-order valence-electron chi connectivity index (χ4n) is 2.12. The summed E-state index contributed by atoms with van der Waals surface area (Å²) in [5.41, 5.74) is 0.842. The minimum atomic E-state index is -0.718. The zero-order valence-electron chi connectivity index (χ0n) is 15.0. The predicted molar refractivity (Wildman–Crippen MR) is 104 cm³/mol. The molecular formula is C17H19N3O5S2. The van der Waals surface area contributed by atoms with Crippen LogP contribution >= 0.6 is 22.7 Å². The van der Waals surface area contributed by atoms with E-state index in [1.165, 1.54) is 43.7 Å². The quantitative estimate of drug-likeness (QED) is 0.679. The summed E-state index contributed by atoms with van der Waals surface area (Å²) in [6, 6.07) is 3.70. The summed E-state index contributed by atoms with van der Waals surface area (Å²) in [4.78, 5) is 49.4. The number of carbonyl (C=O) groups is 4. The first-order valence-electron chi connectivity index (χ1n) is 7.88. The van der Waals surface area contributed by atoms with Gasteiger partial charge in [-0.3, -0.25) is 14.4 Å². The van der Waals surface area contributed by atoms with E-state index < -0.39 is 18.5 Å². The molecule has 144 valence electrons. The second-order valence-corrected chi connectivity index (χ2v) is 7.34. The van der Waals surface area contributed by atoms with Gasteiger partial charge in [-0.15, -0.1) is 22.7 Å². The van der Waals surface area contributed by atoms with Crippen molar-refractivity contribution in [3.05, 3.63) is 28.5 Å². The number of amides is 3. The van der Waals surface area contributed by atoms with E-state index in [4.69, 9.17) is 4.74 Å². The Bertz CT molecular complexity index is 845. The van der Waals surface area contributed by atoms with Gasteiger partial charge in [-0.05, 0) is 11.4 Å². The van der Waals surface area contributed by atoms with Gasteiger partial charge in [0.25, 0.3) is 5.91 Å². The Morgan fingerprint density at radius 1 is 1.22 bits per heavy atom. The summed E-state index contributed by atoms with van der Waals surface area (Å²) in [6.07, 6.45) is 0. The zero-order chi connectivity index (χ0) is 20.0. The molecule has 0 unspecified atom stereocenters. The maximum Gasteiger partial charge on any atom is 0.342 e. The summed E-state index contributed by atoms with van der Waals surface area (Å²) >= 11 is 2.65. The highest BCUT2D eigenvalue weighted by Crippen LogP contribution is 2.38. The molecule has 3 amide bonds. The van der Waals surface area contributed by atoms with Crippen molar-refractivity contribution in [2.75, 3.05) is 32.6 Å². The standard InChI is InChI=1S/C17H19N3O5S2/c1-10(21)19-16-15(11(9-27-16)12-5-4-6-26-12)17(24)25-8-14(23)20(3)7-13(22)18-2/h4-6,9H,7-8H2,1-3H3,(H,18,22)(H,19,21). The molecule has 0 radical (unpaired) electrons. The van der Waals surface area contributed by atoms with Crippen LogP contribution in [-0.4, -0.2) is 55.8 Å². The molecule has 2 rings (SSSR count). The Kier molecular flexibility index (Phi) is 7.08. The highest BCUT2D eigenvalue weighted by Gasteiger charge is 2.24. The van der Waals surface area contributed by atoms with E-state index in [-0.39, 0.29) is 23.9 Å².